The fourth-order valence-corrected chi connectivity index (χ4v) is 5.31. The number of fused-ring (bicyclic) bond motifs is 2. The largest absolute Gasteiger partial charge is 0.494 e. The molecule has 0 atom stereocenters. The van der Waals surface area contributed by atoms with E-state index in [2.05, 4.69) is 22.2 Å². The van der Waals surface area contributed by atoms with Crippen LogP contribution in [-0.4, -0.2) is 57.3 Å². The number of H-pyrrole nitrogens is 1. The van der Waals surface area contributed by atoms with Gasteiger partial charge in [0, 0.05) is 29.9 Å². The van der Waals surface area contributed by atoms with Crippen LogP contribution < -0.4 is 29.7 Å². The van der Waals surface area contributed by atoms with Crippen LogP contribution in [0.2, 0.25) is 0 Å². The Bertz CT molecular complexity index is 1870. The van der Waals surface area contributed by atoms with Crippen molar-refractivity contribution in [3.05, 3.63) is 99.7 Å². The Labute approximate surface area is 256 Å². The molecular weight excluding hydrogens is 558 g/mol. The Balaban J connectivity index is 1.22. The summed E-state index contributed by atoms with van der Waals surface area (Å²) in [5, 5.41) is 3.99. The Kier molecular flexibility index (Phi) is 9.35. The van der Waals surface area contributed by atoms with Crippen molar-refractivity contribution >= 4 is 33.4 Å². The van der Waals surface area contributed by atoms with Gasteiger partial charge in [0.05, 0.1) is 50.2 Å². The molecule has 0 radical (unpaired) electrons. The molecule has 0 spiro atoms. The van der Waals surface area contributed by atoms with Crippen LogP contribution in [0.1, 0.15) is 27.9 Å². The van der Waals surface area contributed by atoms with Crippen LogP contribution in [0.5, 0.6) is 23.0 Å². The number of carbonyl (C=O) groups is 1. The van der Waals surface area contributed by atoms with E-state index >= 15 is 0 Å². The molecule has 0 fully saturated rings. The minimum Gasteiger partial charge on any atom is -0.494 e. The van der Waals surface area contributed by atoms with Crippen LogP contribution in [0.4, 0.5) is 5.69 Å². The number of anilines is 1. The lowest BCUT2D eigenvalue weighted by Gasteiger charge is -2.18. The third-order valence-corrected chi connectivity index (χ3v) is 7.60. The molecular formula is C35H37N3O6. The lowest BCUT2D eigenvalue weighted by molar-refractivity contribution is 0.102. The molecule has 1 aromatic heterocycles. The van der Waals surface area contributed by atoms with Gasteiger partial charge in [-0.05, 0) is 74.0 Å². The van der Waals surface area contributed by atoms with E-state index in [4.69, 9.17) is 18.9 Å². The van der Waals surface area contributed by atoms with Gasteiger partial charge in [0.1, 0.15) is 11.5 Å². The molecule has 0 aliphatic heterocycles. The molecule has 4 aromatic carbocycles. The number of hydrogen-bond acceptors (Lipinski definition) is 7. The predicted octanol–water partition coefficient (Wildman–Crippen LogP) is 6.17. The van der Waals surface area contributed by atoms with Crippen molar-refractivity contribution in [3.63, 3.8) is 0 Å². The number of benzene rings is 4. The zero-order valence-corrected chi connectivity index (χ0v) is 25.7. The van der Waals surface area contributed by atoms with Gasteiger partial charge in [0.15, 0.2) is 16.9 Å². The number of aromatic nitrogens is 1. The summed E-state index contributed by atoms with van der Waals surface area (Å²) in [4.78, 5) is 32.2. The van der Waals surface area contributed by atoms with Gasteiger partial charge in [-0.3, -0.25) is 9.59 Å². The average Bonchev–Trinajstić information content (AvgIpc) is 3.04. The fourth-order valence-electron chi connectivity index (χ4n) is 5.31. The van der Waals surface area contributed by atoms with Gasteiger partial charge < -0.3 is 34.1 Å². The highest BCUT2D eigenvalue weighted by Gasteiger charge is 2.17. The molecule has 9 heteroatoms. The van der Waals surface area contributed by atoms with Gasteiger partial charge in [-0.1, -0.05) is 24.3 Å². The second-order valence-electron chi connectivity index (χ2n) is 10.6. The highest BCUT2D eigenvalue weighted by atomic mass is 16.5. The number of hydrogen-bond donors (Lipinski definition) is 2. The van der Waals surface area contributed by atoms with Crippen molar-refractivity contribution in [1.82, 2.24) is 9.88 Å². The third kappa shape index (κ3) is 6.48. The van der Waals surface area contributed by atoms with Gasteiger partial charge in [-0.2, -0.15) is 0 Å². The SMILES string of the molecule is COc1cc(OCCCN(C)Cc2ccc(OC)c(OC)c2)ccc1NC(=O)c1cccc2c(=O)c3cccc(C)c3[nH]c12. The summed E-state index contributed by atoms with van der Waals surface area (Å²) < 4.78 is 22.3. The molecule has 1 heterocycles. The van der Waals surface area contributed by atoms with Gasteiger partial charge in [0.25, 0.3) is 5.91 Å². The normalized spacial score (nSPS) is 11.1. The number of nitrogens with zero attached hydrogens (tertiary/aromatic N) is 1. The molecule has 5 rings (SSSR count). The van der Waals surface area contributed by atoms with Crippen LogP contribution in [0.3, 0.4) is 0 Å². The minimum atomic E-state index is -0.358. The highest BCUT2D eigenvalue weighted by Crippen LogP contribution is 2.31. The molecule has 0 saturated carbocycles. The molecule has 5 aromatic rings. The van der Waals surface area contributed by atoms with Crippen molar-refractivity contribution < 1.29 is 23.7 Å². The van der Waals surface area contributed by atoms with Crippen molar-refractivity contribution in [2.45, 2.75) is 19.9 Å². The summed E-state index contributed by atoms with van der Waals surface area (Å²) in [5.41, 5.74) is 4.02. The first-order valence-corrected chi connectivity index (χ1v) is 14.4. The maximum atomic E-state index is 13.4. The van der Waals surface area contributed by atoms with E-state index in [0.29, 0.717) is 57.1 Å². The summed E-state index contributed by atoms with van der Waals surface area (Å²) in [7, 11) is 6.87. The van der Waals surface area contributed by atoms with Crippen LogP contribution in [0.25, 0.3) is 21.8 Å². The van der Waals surface area contributed by atoms with Gasteiger partial charge in [-0.25, -0.2) is 0 Å². The summed E-state index contributed by atoms with van der Waals surface area (Å²) in [6, 6.07) is 22.0. The smallest absolute Gasteiger partial charge is 0.257 e. The number of rotatable bonds is 12. The molecule has 228 valence electrons. The summed E-state index contributed by atoms with van der Waals surface area (Å²) in [5.74, 6) is 2.17. The Hall–Kier alpha value is -5.02. The maximum absolute atomic E-state index is 13.4. The number of nitrogens with one attached hydrogen (secondary N) is 2. The maximum Gasteiger partial charge on any atom is 0.257 e. The first-order chi connectivity index (χ1) is 21.3. The van der Waals surface area contributed by atoms with Crippen LogP contribution in [0.15, 0.2) is 77.6 Å². The standard InChI is InChI=1S/C35H37N3O6/c1-22-9-6-10-25-32(22)37-33-26(34(25)39)11-7-12-27(33)35(40)36-28-15-14-24(20-30(28)42-4)44-18-8-17-38(2)21-23-13-16-29(41-3)31(19-23)43-5/h6-7,9-16,19-20H,8,17-18,21H2,1-5H3,(H,36,40)(H,37,39). The molecule has 9 nitrogen and oxygen atoms in total. The van der Waals surface area contributed by atoms with Crippen LogP contribution in [0, 0.1) is 6.92 Å². The van der Waals surface area contributed by atoms with Crippen molar-refractivity contribution in [3.8, 4) is 23.0 Å². The van der Waals surface area contributed by atoms with E-state index in [0.717, 1.165) is 36.2 Å². The second kappa shape index (κ2) is 13.5. The zero-order chi connectivity index (χ0) is 31.2. The molecule has 0 unspecified atom stereocenters. The first kappa shape index (κ1) is 30.4. The Morgan fingerprint density at radius 2 is 1.57 bits per heavy atom. The predicted molar refractivity (Wildman–Crippen MR) is 174 cm³/mol. The highest BCUT2D eigenvalue weighted by molar-refractivity contribution is 6.13. The van der Waals surface area contributed by atoms with Gasteiger partial charge in [0.2, 0.25) is 0 Å². The van der Waals surface area contributed by atoms with E-state index in [-0.39, 0.29) is 11.3 Å². The zero-order valence-electron chi connectivity index (χ0n) is 25.7. The molecule has 0 aliphatic carbocycles. The number of methoxy groups -OCH3 is 3. The summed E-state index contributed by atoms with van der Waals surface area (Å²) in [6.45, 7) is 4.05. The fraction of sp³-hybridized carbons (Fsp3) is 0.257. The lowest BCUT2D eigenvalue weighted by atomic mass is 10.0. The van der Waals surface area contributed by atoms with Crippen molar-refractivity contribution in [1.29, 1.82) is 0 Å². The summed E-state index contributed by atoms with van der Waals surface area (Å²) >= 11 is 0. The van der Waals surface area contributed by atoms with Crippen molar-refractivity contribution in [2.75, 3.05) is 46.8 Å². The number of aromatic amines is 1. The first-order valence-electron chi connectivity index (χ1n) is 14.4. The lowest BCUT2D eigenvalue weighted by Crippen LogP contribution is -2.20. The molecule has 1 amide bonds. The molecule has 0 bridgehead atoms. The van der Waals surface area contributed by atoms with Crippen LogP contribution >= 0.6 is 0 Å². The number of ether oxygens (including phenoxy) is 4. The number of pyridine rings is 1. The average molecular weight is 596 g/mol. The Morgan fingerprint density at radius 1 is 0.841 bits per heavy atom. The van der Waals surface area contributed by atoms with Crippen LogP contribution in [-0.2, 0) is 6.54 Å². The van der Waals surface area contributed by atoms with Crippen molar-refractivity contribution in [2.24, 2.45) is 0 Å². The second-order valence-corrected chi connectivity index (χ2v) is 10.6. The topological polar surface area (TPSA) is 102 Å². The number of carbonyl (C=O) groups excluding carboxylic acids is 1. The number of amides is 1. The van der Waals surface area contributed by atoms with E-state index in [1.165, 1.54) is 0 Å². The molecule has 0 saturated heterocycles. The number of aryl methyl sites for hydroxylation is 1. The quantitative estimate of drug-likeness (QED) is 0.131. The van der Waals surface area contributed by atoms with E-state index in [1.54, 1.807) is 63.8 Å². The van der Waals surface area contributed by atoms with Gasteiger partial charge in [-0.15, -0.1) is 0 Å². The molecule has 44 heavy (non-hydrogen) atoms. The van der Waals surface area contributed by atoms with E-state index < -0.39 is 0 Å². The summed E-state index contributed by atoms with van der Waals surface area (Å²) in [6.07, 6.45) is 0.817. The van der Waals surface area contributed by atoms with Gasteiger partial charge >= 0.3 is 0 Å². The molecule has 2 N–H and O–H groups in total. The number of para-hydroxylation sites is 2. The molecule has 0 aliphatic rings. The van der Waals surface area contributed by atoms with E-state index in [9.17, 15) is 9.59 Å². The van der Waals surface area contributed by atoms with E-state index in [1.807, 2.05) is 37.3 Å². The Morgan fingerprint density at radius 3 is 2.32 bits per heavy atom. The third-order valence-electron chi connectivity index (χ3n) is 7.60. The minimum absolute atomic E-state index is 0.113. The monoisotopic (exact) mass is 595 g/mol.